The molecule has 0 radical (unpaired) electrons. The summed E-state index contributed by atoms with van der Waals surface area (Å²) in [6, 6.07) is 22.4. The molecule has 35 heavy (non-hydrogen) atoms. The highest BCUT2D eigenvalue weighted by Crippen LogP contribution is 2.35. The summed E-state index contributed by atoms with van der Waals surface area (Å²) < 4.78 is 7.10. The van der Waals surface area contributed by atoms with E-state index in [1.807, 2.05) is 74.8 Å². The summed E-state index contributed by atoms with van der Waals surface area (Å²) in [5.74, 6) is 0.296. The van der Waals surface area contributed by atoms with Gasteiger partial charge in [-0.3, -0.25) is 9.36 Å². The SMILES string of the molecule is CC(=O)n1c(O)c(C(=Nc2ccc(OCCCN(C)C)cc2)c2ccccc2)c2ccc(N)cc21. The van der Waals surface area contributed by atoms with Gasteiger partial charge in [-0.2, -0.15) is 0 Å². The number of aromatic nitrogens is 1. The average molecular weight is 471 g/mol. The molecule has 7 heteroatoms. The summed E-state index contributed by atoms with van der Waals surface area (Å²) in [5.41, 5.74) is 9.56. The molecular formula is C28H30N4O3. The van der Waals surface area contributed by atoms with Crippen LogP contribution in [0.1, 0.15) is 29.3 Å². The largest absolute Gasteiger partial charge is 0.494 e. The average Bonchev–Trinajstić information content (AvgIpc) is 3.12. The van der Waals surface area contributed by atoms with Crippen LogP contribution in [0.5, 0.6) is 11.6 Å². The molecule has 0 aliphatic carbocycles. The Balaban J connectivity index is 1.77. The normalized spacial score (nSPS) is 11.8. The molecule has 0 aliphatic heterocycles. The molecule has 0 spiro atoms. The third-order valence-corrected chi connectivity index (χ3v) is 5.66. The Bertz CT molecular complexity index is 1360. The first-order valence-corrected chi connectivity index (χ1v) is 11.5. The minimum Gasteiger partial charge on any atom is -0.494 e. The van der Waals surface area contributed by atoms with Gasteiger partial charge in [0, 0.05) is 30.1 Å². The van der Waals surface area contributed by atoms with Crippen LogP contribution in [0.15, 0.2) is 77.8 Å². The number of hydrogen-bond acceptors (Lipinski definition) is 6. The summed E-state index contributed by atoms with van der Waals surface area (Å²) in [6.07, 6.45) is 0.940. The van der Waals surface area contributed by atoms with Crippen molar-refractivity contribution in [2.24, 2.45) is 4.99 Å². The molecule has 4 aromatic rings. The monoisotopic (exact) mass is 470 g/mol. The number of fused-ring (bicyclic) bond motifs is 1. The van der Waals surface area contributed by atoms with Gasteiger partial charge in [0.2, 0.25) is 11.8 Å². The number of hydrogen-bond donors (Lipinski definition) is 2. The fourth-order valence-electron chi connectivity index (χ4n) is 4.02. The fourth-order valence-corrected chi connectivity index (χ4v) is 4.02. The van der Waals surface area contributed by atoms with Crippen molar-refractivity contribution in [3.63, 3.8) is 0 Å². The van der Waals surface area contributed by atoms with Gasteiger partial charge in [0.15, 0.2) is 0 Å². The Hall–Kier alpha value is -4.10. The molecule has 3 N–H and O–H groups in total. The summed E-state index contributed by atoms with van der Waals surface area (Å²) in [5, 5.41) is 11.9. The maximum atomic E-state index is 12.4. The van der Waals surface area contributed by atoms with Crippen molar-refractivity contribution in [2.45, 2.75) is 13.3 Å². The van der Waals surface area contributed by atoms with Crippen LogP contribution >= 0.6 is 0 Å². The van der Waals surface area contributed by atoms with Crippen molar-refractivity contribution in [3.05, 3.63) is 83.9 Å². The van der Waals surface area contributed by atoms with Crippen molar-refractivity contribution in [1.29, 1.82) is 0 Å². The van der Waals surface area contributed by atoms with Gasteiger partial charge in [0.1, 0.15) is 5.75 Å². The van der Waals surface area contributed by atoms with Crippen LogP contribution in [-0.2, 0) is 0 Å². The van der Waals surface area contributed by atoms with Crippen LogP contribution in [0.2, 0.25) is 0 Å². The number of nitrogens with zero attached hydrogens (tertiary/aromatic N) is 3. The van der Waals surface area contributed by atoms with Crippen molar-refractivity contribution in [3.8, 4) is 11.6 Å². The standard InChI is InChI=1S/C28H30N4O3/c1-19(33)32-25-18-21(29)10-15-24(25)26(28(32)34)27(20-8-5-4-6-9-20)30-22-11-13-23(14-12-22)35-17-7-16-31(2)3/h4-6,8-15,18,34H,7,16-17,29H2,1-3H3. The van der Waals surface area contributed by atoms with Crippen LogP contribution in [0.3, 0.4) is 0 Å². The molecule has 0 saturated heterocycles. The maximum absolute atomic E-state index is 12.4. The number of nitrogens with two attached hydrogens (primary N) is 1. The van der Waals surface area contributed by atoms with E-state index in [1.54, 1.807) is 12.1 Å². The zero-order valence-corrected chi connectivity index (χ0v) is 20.2. The highest BCUT2D eigenvalue weighted by Gasteiger charge is 2.24. The number of aliphatic imine (C=N–C) groups is 1. The van der Waals surface area contributed by atoms with E-state index in [9.17, 15) is 9.90 Å². The van der Waals surface area contributed by atoms with Crippen molar-refractivity contribution in [1.82, 2.24) is 9.47 Å². The Morgan fingerprint density at radius 2 is 1.77 bits per heavy atom. The minimum absolute atomic E-state index is 0.165. The van der Waals surface area contributed by atoms with Gasteiger partial charge >= 0.3 is 0 Å². The van der Waals surface area contributed by atoms with E-state index in [4.69, 9.17) is 15.5 Å². The van der Waals surface area contributed by atoms with Gasteiger partial charge in [-0.05, 0) is 63.0 Å². The van der Waals surface area contributed by atoms with Crippen molar-refractivity contribution < 1.29 is 14.6 Å². The number of benzene rings is 3. The van der Waals surface area contributed by atoms with Gasteiger partial charge in [0.05, 0.1) is 29.1 Å². The highest BCUT2D eigenvalue weighted by molar-refractivity contribution is 6.23. The Morgan fingerprint density at radius 1 is 1.06 bits per heavy atom. The lowest BCUT2D eigenvalue weighted by Crippen LogP contribution is -2.15. The number of ether oxygens (including phenoxy) is 1. The Morgan fingerprint density at radius 3 is 2.43 bits per heavy atom. The molecule has 0 amide bonds. The smallest absolute Gasteiger partial charge is 0.230 e. The van der Waals surface area contributed by atoms with Crippen LogP contribution < -0.4 is 10.5 Å². The summed E-state index contributed by atoms with van der Waals surface area (Å²) in [4.78, 5) is 19.4. The summed E-state index contributed by atoms with van der Waals surface area (Å²) in [7, 11) is 4.08. The van der Waals surface area contributed by atoms with Gasteiger partial charge in [-0.1, -0.05) is 30.3 Å². The summed E-state index contributed by atoms with van der Waals surface area (Å²) >= 11 is 0. The number of anilines is 1. The molecule has 0 saturated carbocycles. The second-order valence-corrected chi connectivity index (χ2v) is 8.66. The quantitative estimate of drug-likeness (QED) is 0.213. The number of nitrogen functional groups attached to an aromatic ring is 1. The topological polar surface area (TPSA) is 93.1 Å². The maximum Gasteiger partial charge on any atom is 0.230 e. The van der Waals surface area contributed by atoms with Gasteiger partial charge in [0.25, 0.3) is 0 Å². The van der Waals surface area contributed by atoms with E-state index in [1.165, 1.54) is 11.5 Å². The number of carbonyl (C=O) groups excluding carboxylic acids is 1. The summed E-state index contributed by atoms with van der Waals surface area (Å²) in [6.45, 7) is 3.01. The van der Waals surface area contributed by atoms with Crippen molar-refractivity contribution >= 4 is 33.9 Å². The molecule has 0 aliphatic rings. The third-order valence-electron chi connectivity index (χ3n) is 5.66. The van der Waals surface area contributed by atoms with Crippen LogP contribution in [0.4, 0.5) is 11.4 Å². The van der Waals surface area contributed by atoms with E-state index in [0.29, 0.717) is 40.2 Å². The zero-order valence-electron chi connectivity index (χ0n) is 20.2. The molecule has 3 aromatic carbocycles. The zero-order chi connectivity index (χ0) is 24.9. The van der Waals surface area contributed by atoms with E-state index < -0.39 is 0 Å². The second-order valence-electron chi connectivity index (χ2n) is 8.66. The van der Waals surface area contributed by atoms with E-state index >= 15 is 0 Å². The first-order valence-electron chi connectivity index (χ1n) is 11.5. The van der Waals surface area contributed by atoms with Gasteiger partial charge < -0.3 is 20.5 Å². The number of rotatable bonds is 8. The lowest BCUT2D eigenvalue weighted by atomic mass is 10.0. The predicted molar refractivity (Wildman–Crippen MR) is 141 cm³/mol. The number of aromatic hydroxyl groups is 1. The third kappa shape index (κ3) is 5.36. The Labute approximate surface area is 205 Å². The van der Waals surface area contributed by atoms with Crippen LogP contribution in [0.25, 0.3) is 10.9 Å². The lowest BCUT2D eigenvalue weighted by Gasteiger charge is -2.11. The van der Waals surface area contributed by atoms with E-state index in [-0.39, 0.29) is 11.8 Å². The molecule has 0 bridgehead atoms. The highest BCUT2D eigenvalue weighted by atomic mass is 16.5. The predicted octanol–water partition coefficient (Wildman–Crippen LogP) is 5.09. The first-order chi connectivity index (χ1) is 16.8. The second kappa shape index (κ2) is 10.4. The molecule has 0 atom stereocenters. The molecule has 0 fully saturated rings. The molecular weight excluding hydrogens is 440 g/mol. The molecule has 7 nitrogen and oxygen atoms in total. The first kappa shape index (κ1) is 24.0. The Kier molecular flexibility index (Phi) is 7.17. The molecule has 1 aromatic heterocycles. The van der Waals surface area contributed by atoms with Gasteiger partial charge in [-0.15, -0.1) is 0 Å². The molecule has 0 unspecified atom stereocenters. The van der Waals surface area contributed by atoms with Gasteiger partial charge in [-0.25, -0.2) is 4.99 Å². The minimum atomic E-state index is -0.312. The van der Waals surface area contributed by atoms with Crippen LogP contribution in [-0.4, -0.2) is 53.4 Å². The van der Waals surface area contributed by atoms with E-state index in [2.05, 4.69) is 4.90 Å². The van der Waals surface area contributed by atoms with Crippen molar-refractivity contribution in [2.75, 3.05) is 33.0 Å². The van der Waals surface area contributed by atoms with Crippen LogP contribution in [0, 0.1) is 0 Å². The lowest BCUT2D eigenvalue weighted by molar-refractivity contribution is 0.0933. The molecule has 1 heterocycles. The fraction of sp³-hybridized carbons (Fsp3) is 0.214. The molecule has 180 valence electrons. The number of carbonyl (C=O) groups is 1. The van der Waals surface area contributed by atoms with E-state index in [0.717, 1.165) is 24.3 Å². The molecule has 4 rings (SSSR count).